The highest BCUT2D eigenvalue weighted by molar-refractivity contribution is 5.78. The van der Waals surface area contributed by atoms with Crippen molar-refractivity contribution in [1.82, 2.24) is 4.90 Å². The Morgan fingerprint density at radius 1 is 0.966 bits per heavy atom. The Labute approximate surface area is 172 Å². The van der Waals surface area contributed by atoms with Crippen molar-refractivity contribution in [3.05, 3.63) is 53.6 Å². The van der Waals surface area contributed by atoms with E-state index in [2.05, 4.69) is 35.2 Å². The third kappa shape index (κ3) is 3.66. The third-order valence-corrected chi connectivity index (χ3v) is 6.43. The molecule has 152 valence electrons. The molecule has 5 rings (SSSR count). The van der Waals surface area contributed by atoms with Crippen LogP contribution in [-0.4, -0.2) is 50.2 Å². The van der Waals surface area contributed by atoms with E-state index in [9.17, 15) is 4.79 Å². The van der Waals surface area contributed by atoms with E-state index in [1.54, 1.807) is 0 Å². The second-order valence-electron chi connectivity index (χ2n) is 8.16. The van der Waals surface area contributed by atoms with Crippen molar-refractivity contribution in [2.24, 2.45) is 0 Å². The third-order valence-electron chi connectivity index (χ3n) is 6.43. The lowest BCUT2D eigenvalue weighted by molar-refractivity contribution is -0.132. The number of hydrogen-bond acceptors (Lipinski definition) is 4. The van der Waals surface area contributed by atoms with Crippen LogP contribution < -0.4 is 14.4 Å². The molecule has 0 bridgehead atoms. The first-order valence-electron chi connectivity index (χ1n) is 10.8. The predicted molar refractivity (Wildman–Crippen MR) is 113 cm³/mol. The van der Waals surface area contributed by atoms with Gasteiger partial charge in [-0.2, -0.15) is 0 Å². The number of para-hydroxylation sites is 1. The zero-order chi connectivity index (χ0) is 19.6. The van der Waals surface area contributed by atoms with Crippen LogP contribution in [-0.2, 0) is 11.2 Å². The van der Waals surface area contributed by atoms with Gasteiger partial charge in [-0.15, -0.1) is 0 Å². The average molecular weight is 392 g/mol. The summed E-state index contributed by atoms with van der Waals surface area (Å²) in [5.41, 5.74) is 3.90. The molecule has 1 amide bonds. The molecule has 1 fully saturated rings. The van der Waals surface area contributed by atoms with E-state index in [1.165, 1.54) is 17.5 Å². The lowest BCUT2D eigenvalue weighted by atomic mass is 9.81. The average Bonchev–Trinajstić information content (AvgIpc) is 2.79. The fourth-order valence-corrected chi connectivity index (χ4v) is 4.91. The Morgan fingerprint density at radius 2 is 1.79 bits per heavy atom. The zero-order valence-corrected chi connectivity index (χ0v) is 16.8. The summed E-state index contributed by atoms with van der Waals surface area (Å²) in [5, 5.41) is 0. The second kappa shape index (κ2) is 7.97. The van der Waals surface area contributed by atoms with Crippen molar-refractivity contribution in [2.75, 3.05) is 44.3 Å². The summed E-state index contributed by atoms with van der Waals surface area (Å²) in [5.74, 6) is 2.33. The molecule has 0 spiro atoms. The number of ether oxygens (including phenoxy) is 2. The number of rotatable bonds is 3. The van der Waals surface area contributed by atoms with Gasteiger partial charge >= 0.3 is 0 Å². The molecule has 0 N–H and O–H groups in total. The van der Waals surface area contributed by atoms with Gasteiger partial charge in [0.15, 0.2) is 11.5 Å². The molecule has 2 aromatic rings. The lowest BCUT2D eigenvalue weighted by Crippen LogP contribution is -2.49. The van der Waals surface area contributed by atoms with Crippen LogP contribution in [0.25, 0.3) is 0 Å². The van der Waals surface area contributed by atoms with Crippen molar-refractivity contribution in [3.8, 4) is 11.5 Å². The molecule has 29 heavy (non-hydrogen) atoms. The molecular formula is C24H28N2O3. The molecule has 2 heterocycles. The summed E-state index contributed by atoms with van der Waals surface area (Å²) >= 11 is 0. The Balaban J connectivity index is 1.22. The molecule has 1 atom stereocenters. The first-order chi connectivity index (χ1) is 14.3. The number of amides is 1. The number of carbonyl (C=O) groups excluding carboxylic acids is 1. The summed E-state index contributed by atoms with van der Waals surface area (Å²) in [6, 6.07) is 14.7. The first kappa shape index (κ1) is 18.3. The van der Waals surface area contributed by atoms with Crippen LogP contribution >= 0.6 is 0 Å². The van der Waals surface area contributed by atoms with Crippen LogP contribution in [0.5, 0.6) is 11.5 Å². The number of benzene rings is 2. The highest BCUT2D eigenvalue weighted by Gasteiger charge is 2.28. The van der Waals surface area contributed by atoms with Gasteiger partial charge in [-0.25, -0.2) is 0 Å². The molecule has 2 aromatic carbocycles. The Hall–Kier alpha value is -2.69. The SMILES string of the molecule is O=C(CC1CCCc2ccccc21)N1CCN(c2cccc3c2OCCO3)CC1. The number of fused-ring (bicyclic) bond motifs is 2. The van der Waals surface area contributed by atoms with E-state index in [-0.39, 0.29) is 0 Å². The number of aryl methyl sites for hydroxylation is 1. The molecule has 1 unspecified atom stereocenters. The van der Waals surface area contributed by atoms with E-state index in [4.69, 9.17) is 9.47 Å². The summed E-state index contributed by atoms with van der Waals surface area (Å²) in [6.07, 6.45) is 4.08. The normalized spacial score (nSPS) is 20.9. The van der Waals surface area contributed by atoms with Crippen molar-refractivity contribution >= 4 is 11.6 Å². The van der Waals surface area contributed by atoms with Gasteiger partial charge in [0.1, 0.15) is 13.2 Å². The number of nitrogens with zero attached hydrogens (tertiary/aromatic N) is 2. The molecular weight excluding hydrogens is 364 g/mol. The molecule has 1 saturated heterocycles. The smallest absolute Gasteiger partial charge is 0.223 e. The van der Waals surface area contributed by atoms with Gasteiger partial charge in [-0.1, -0.05) is 30.3 Å². The lowest BCUT2D eigenvalue weighted by Gasteiger charge is -2.38. The quantitative estimate of drug-likeness (QED) is 0.800. The number of piperazine rings is 1. The van der Waals surface area contributed by atoms with Crippen LogP contribution in [0.3, 0.4) is 0 Å². The van der Waals surface area contributed by atoms with Gasteiger partial charge in [0.05, 0.1) is 5.69 Å². The molecule has 3 aliphatic rings. The van der Waals surface area contributed by atoms with Crippen molar-refractivity contribution in [2.45, 2.75) is 31.6 Å². The molecule has 5 heteroatoms. The summed E-state index contributed by atoms with van der Waals surface area (Å²) < 4.78 is 11.6. The van der Waals surface area contributed by atoms with Crippen molar-refractivity contribution < 1.29 is 14.3 Å². The maximum Gasteiger partial charge on any atom is 0.223 e. The van der Waals surface area contributed by atoms with E-state index < -0.39 is 0 Å². The van der Waals surface area contributed by atoms with E-state index in [1.807, 2.05) is 17.0 Å². The topological polar surface area (TPSA) is 42.0 Å². The molecule has 0 radical (unpaired) electrons. The minimum Gasteiger partial charge on any atom is -0.486 e. The fourth-order valence-electron chi connectivity index (χ4n) is 4.91. The highest BCUT2D eigenvalue weighted by Crippen LogP contribution is 2.40. The van der Waals surface area contributed by atoms with Crippen molar-refractivity contribution in [1.29, 1.82) is 0 Å². The minimum absolute atomic E-state index is 0.293. The molecule has 1 aliphatic carbocycles. The molecule has 0 aromatic heterocycles. The maximum atomic E-state index is 13.0. The van der Waals surface area contributed by atoms with Crippen LogP contribution in [0.4, 0.5) is 5.69 Å². The number of carbonyl (C=O) groups is 1. The first-order valence-corrected chi connectivity index (χ1v) is 10.8. The molecule has 2 aliphatic heterocycles. The maximum absolute atomic E-state index is 13.0. The largest absolute Gasteiger partial charge is 0.486 e. The second-order valence-corrected chi connectivity index (χ2v) is 8.16. The van der Waals surface area contributed by atoms with Crippen molar-refractivity contribution in [3.63, 3.8) is 0 Å². The van der Waals surface area contributed by atoms with E-state index in [0.29, 0.717) is 31.5 Å². The van der Waals surface area contributed by atoms with Gasteiger partial charge in [0, 0.05) is 32.6 Å². The van der Waals surface area contributed by atoms with Crippen LogP contribution in [0.2, 0.25) is 0 Å². The summed E-state index contributed by atoms with van der Waals surface area (Å²) in [6.45, 7) is 4.36. The Morgan fingerprint density at radius 3 is 2.69 bits per heavy atom. The van der Waals surface area contributed by atoms with Crippen LogP contribution in [0, 0.1) is 0 Å². The van der Waals surface area contributed by atoms with Gasteiger partial charge in [-0.3, -0.25) is 4.79 Å². The Kier molecular flexibility index (Phi) is 5.04. The van der Waals surface area contributed by atoms with Gasteiger partial charge in [0.2, 0.25) is 5.91 Å². The van der Waals surface area contributed by atoms with E-state index >= 15 is 0 Å². The van der Waals surface area contributed by atoms with Crippen LogP contribution in [0.1, 0.15) is 36.3 Å². The minimum atomic E-state index is 0.293. The summed E-state index contributed by atoms with van der Waals surface area (Å²) in [4.78, 5) is 17.4. The standard InChI is InChI=1S/C24H28N2O3/c27-23(17-19-7-3-6-18-5-1-2-8-20(18)19)26-13-11-25(12-14-26)21-9-4-10-22-24(21)29-16-15-28-22/h1-2,4-5,8-10,19H,3,6-7,11-17H2. The predicted octanol–water partition coefficient (Wildman–Crippen LogP) is 3.62. The zero-order valence-electron chi connectivity index (χ0n) is 16.8. The number of hydrogen-bond donors (Lipinski definition) is 0. The monoisotopic (exact) mass is 392 g/mol. The molecule has 0 saturated carbocycles. The van der Waals surface area contributed by atoms with Gasteiger partial charge < -0.3 is 19.3 Å². The van der Waals surface area contributed by atoms with E-state index in [0.717, 1.165) is 56.2 Å². The van der Waals surface area contributed by atoms with Gasteiger partial charge in [0.25, 0.3) is 0 Å². The highest BCUT2D eigenvalue weighted by atomic mass is 16.6. The molecule has 5 nitrogen and oxygen atoms in total. The van der Waals surface area contributed by atoms with Gasteiger partial charge in [-0.05, 0) is 48.4 Å². The number of anilines is 1. The van der Waals surface area contributed by atoms with Crippen LogP contribution in [0.15, 0.2) is 42.5 Å². The summed E-state index contributed by atoms with van der Waals surface area (Å²) in [7, 11) is 0. The Bertz CT molecular complexity index is 889. The fraction of sp³-hybridized carbons (Fsp3) is 0.458.